The van der Waals surface area contributed by atoms with Crippen molar-refractivity contribution in [3.63, 3.8) is 0 Å². The Kier molecular flexibility index (Phi) is 5.24. The van der Waals surface area contributed by atoms with Gasteiger partial charge < -0.3 is 0 Å². The van der Waals surface area contributed by atoms with Crippen molar-refractivity contribution in [2.75, 3.05) is 0 Å². The zero-order valence-electron chi connectivity index (χ0n) is 11.2. The van der Waals surface area contributed by atoms with Crippen LogP contribution in [0.2, 0.25) is 0 Å². The van der Waals surface area contributed by atoms with Gasteiger partial charge in [0.05, 0.1) is 0 Å². The smallest absolute Gasteiger partial charge is 0.139 e. The summed E-state index contributed by atoms with van der Waals surface area (Å²) >= 11 is 0. The Bertz CT molecular complexity index is 252. The first-order valence-corrected chi connectivity index (χ1v) is 6.70. The minimum absolute atomic E-state index is 0.117. The van der Waals surface area contributed by atoms with E-state index in [0.717, 1.165) is 18.8 Å². The maximum Gasteiger partial charge on any atom is 0.139 e. The van der Waals surface area contributed by atoms with Gasteiger partial charge in [0.25, 0.3) is 0 Å². The predicted molar refractivity (Wildman–Crippen MR) is 69.3 cm³/mol. The molecule has 3 atom stereocenters. The molecule has 0 aromatic heterocycles. The number of carbonyl (C=O) groups is 1. The van der Waals surface area contributed by atoms with Crippen molar-refractivity contribution < 1.29 is 4.79 Å². The monoisotopic (exact) mass is 222 g/mol. The first-order valence-electron chi connectivity index (χ1n) is 6.70. The van der Waals surface area contributed by atoms with E-state index < -0.39 is 0 Å². The normalized spacial score (nSPS) is 35.1. The molecule has 16 heavy (non-hydrogen) atoms. The Labute approximate surface area is 100 Å². The molecule has 92 valence electrons. The average molecular weight is 222 g/mol. The van der Waals surface area contributed by atoms with Crippen LogP contribution in [0.25, 0.3) is 0 Å². The van der Waals surface area contributed by atoms with E-state index in [2.05, 4.69) is 32.9 Å². The molecule has 0 bridgehead atoms. The molecule has 0 N–H and O–H groups in total. The first-order chi connectivity index (χ1) is 7.50. The zero-order valence-corrected chi connectivity index (χ0v) is 11.2. The SMILES string of the molecule is CC(C)[C@H]1CC[C@@H](C)C/C=C\[C@H](C)C(=O)C1. The van der Waals surface area contributed by atoms with Gasteiger partial charge in [-0.3, -0.25) is 4.79 Å². The molecule has 0 fully saturated rings. The van der Waals surface area contributed by atoms with Crippen LogP contribution in [0, 0.1) is 23.7 Å². The molecular formula is C15H26O. The van der Waals surface area contributed by atoms with Crippen LogP contribution in [0.5, 0.6) is 0 Å². The Morgan fingerprint density at radius 1 is 1.25 bits per heavy atom. The fourth-order valence-electron chi connectivity index (χ4n) is 2.35. The Morgan fingerprint density at radius 3 is 2.56 bits per heavy atom. The van der Waals surface area contributed by atoms with Crippen LogP contribution in [-0.2, 0) is 4.79 Å². The molecule has 0 spiro atoms. The number of ketones is 1. The second-order valence-electron chi connectivity index (χ2n) is 5.81. The van der Waals surface area contributed by atoms with E-state index in [4.69, 9.17) is 0 Å². The molecule has 1 aliphatic rings. The molecule has 0 saturated carbocycles. The van der Waals surface area contributed by atoms with Crippen molar-refractivity contribution in [3.8, 4) is 0 Å². The van der Waals surface area contributed by atoms with Crippen molar-refractivity contribution in [2.45, 2.75) is 53.4 Å². The largest absolute Gasteiger partial charge is 0.299 e. The second-order valence-corrected chi connectivity index (χ2v) is 5.81. The highest BCUT2D eigenvalue weighted by Crippen LogP contribution is 2.27. The van der Waals surface area contributed by atoms with E-state index >= 15 is 0 Å². The Morgan fingerprint density at radius 2 is 1.94 bits per heavy atom. The van der Waals surface area contributed by atoms with Crippen LogP contribution in [-0.4, -0.2) is 5.78 Å². The molecule has 0 amide bonds. The summed E-state index contributed by atoms with van der Waals surface area (Å²) in [6.45, 7) is 8.84. The number of hydrogen-bond acceptors (Lipinski definition) is 1. The highest BCUT2D eigenvalue weighted by Gasteiger charge is 2.21. The molecule has 0 aromatic rings. The van der Waals surface area contributed by atoms with Gasteiger partial charge in [0.1, 0.15) is 5.78 Å². The fourth-order valence-corrected chi connectivity index (χ4v) is 2.35. The van der Waals surface area contributed by atoms with E-state index in [1.165, 1.54) is 12.8 Å². The lowest BCUT2D eigenvalue weighted by atomic mass is 9.81. The van der Waals surface area contributed by atoms with E-state index in [9.17, 15) is 4.79 Å². The van der Waals surface area contributed by atoms with Crippen molar-refractivity contribution in [3.05, 3.63) is 12.2 Å². The lowest BCUT2D eigenvalue weighted by molar-refractivity contribution is -0.122. The maximum atomic E-state index is 12.0. The number of Topliss-reactive ketones (excluding diaryl/α,β-unsaturated/α-hetero) is 1. The average Bonchev–Trinajstić information content (AvgIpc) is 2.22. The topological polar surface area (TPSA) is 17.1 Å². The number of hydrogen-bond donors (Lipinski definition) is 0. The van der Waals surface area contributed by atoms with Crippen LogP contribution in [0.4, 0.5) is 0 Å². The third-order valence-electron chi connectivity index (χ3n) is 3.91. The Hall–Kier alpha value is -0.590. The highest BCUT2D eigenvalue weighted by atomic mass is 16.1. The number of carbonyl (C=O) groups excluding carboxylic acids is 1. The van der Waals surface area contributed by atoms with Gasteiger partial charge >= 0.3 is 0 Å². The quantitative estimate of drug-likeness (QED) is 0.607. The van der Waals surface area contributed by atoms with Crippen LogP contribution >= 0.6 is 0 Å². The number of rotatable bonds is 1. The van der Waals surface area contributed by atoms with E-state index in [1.807, 2.05) is 6.92 Å². The standard InChI is InChI=1S/C15H26O/c1-11(2)14-9-8-12(3)6-5-7-13(4)15(16)10-14/h5,7,11-14H,6,8-10H2,1-4H3/b7-5-/t12-,13-,14-/m0/s1. The molecule has 0 unspecified atom stereocenters. The molecule has 0 aromatic carbocycles. The van der Waals surface area contributed by atoms with Crippen LogP contribution in [0.1, 0.15) is 53.4 Å². The Balaban J connectivity index is 2.71. The van der Waals surface area contributed by atoms with Gasteiger partial charge in [-0.15, -0.1) is 0 Å². The minimum atomic E-state index is 0.117. The molecule has 1 nitrogen and oxygen atoms in total. The van der Waals surface area contributed by atoms with Crippen molar-refractivity contribution in [1.29, 1.82) is 0 Å². The number of allylic oxidation sites excluding steroid dienone is 2. The van der Waals surface area contributed by atoms with Gasteiger partial charge in [-0.05, 0) is 30.6 Å². The molecule has 1 rings (SSSR count). The lowest BCUT2D eigenvalue weighted by Gasteiger charge is -2.23. The van der Waals surface area contributed by atoms with Crippen molar-refractivity contribution >= 4 is 5.78 Å². The van der Waals surface area contributed by atoms with E-state index in [-0.39, 0.29) is 5.92 Å². The summed E-state index contributed by atoms with van der Waals surface area (Å²) in [7, 11) is 0. The third kappa shape index (κ3) is 4.11. The molecule has 1 heteroatoms. The maximum absolute atomic E-state index is 12.0. The molecule has 0 aliphatic heterocycles. The van der Waals surface area contributed by atoms with Gasteiger partial charge in [0.2, 0.25) is 0 Å². The van der Waals surface area contributed by atoms with E-state index in [1.54, 1.807) is 0 Å². The summed E-state index contributed by atoms with van der Waals surface area (Å²) in [5.41, 5.74) is 0. The molecule has 0 saturated heterocycles. The van der Waals surface area contributed by atoms with Crippen molar-refractivity contribution in [2.24, 2.45) is 23.7 Å². The summed E-state index contributed by atoms with van der Waals surface area (Å²) in [6.07, 6.45) is 8.67. The van der Waals surface area contributed by atoms with E-state index in [0.29, 0.717) is 17.6 Å². The molecule has 0 heterocycles. The molecule has 1 aliphatic carbocycles. The van der Waals surface area contributed by atoms with Gasteiger partial charge in [-0.2, -0.15) is 0 Å². The summed E-state index contributed by atoms with van der Waals surface area (Å²) in [4.78, 5) is 12.0. The predicted octanol–water partition coefficient (Wildman–Crippen LogP) is 4.23. The highest BCUT2D eigenvalue weighted by molar-refractivity contribution is 5.82. The van der Waals surface area contributed by atoms with Crippen molar-refractivity contribution in [1.82, 2.24) is 0 Å². The lowest BCUT2D eigenvalue weighted by Crippen LogP contribution is -2.19. The zero-order chi connectivity index (χ0) is 12.1. The third-order valence-corrected chi connectivity index (χ3v) is 3.91. The molecule has 0 radical (unpaired) electrons. The summed E-state index contributed by atoms with van der Waals surface area (Å²) in [5, 5.41) is 0. The van der Waals surface area contributed by atoms with Crippen LogP contribution in [0.3, 0.4) is 0 Å². The van der Waals surface area contributed by atoms with Crippen LogP contribution in [0.15, 0.2) is 12.2 Å². The van der Waals surface area contributed by atoms with Gasteiger partial charge in [0.15, 0.2) is 0 Å². The summed E-state index contributed by atoms with van der Waals surface area (Å²) < 4.78 is 0. The minimum Gasteiger partial charge on any atom is -0.299 e. The van der Waals surface area contributed by atoms with Crippen LogP contribution < -0.4 is 0 Å². The fraction of sp³-hybridized carbons (Fsp3) is 0.800. The summed E-state index contributed by atoms with van der Waals surface area (Å²) in [6, 6.07) is 0. The van der Waals surface area contributed by atoms with Gasteiger partial charge in [0, 0.05) is 12.3 Å². The summed E-state index contributed by atoms with van der Waals surface area (Å²) in [5.74, 6) is 2.52. The first kappa shape index (κ1) is 13.5. The second kappa shape index (κ2) is 6.22. The van der Waals surface area contributed by atoms with Gasteiger partial charge in [-0.25, -0.2) is 0 Å². The molecular weight excluding hydrogens is 196 g/mol. The van der Waals surface area contributed by atoms with Gasteiger partial charge in [-0.1, -0.05) is 46.3 Å².